The Morgan fingerprint density at radius 1 is 0.773 bits per heavy atom. The summed E-state index contributed by atoms with van der Waals surface area (Å²) in [5.41, 5.74) is 0. The molecular weight excluding hydrogens is 272 g/mol. The predicted molar refractivity (Wildman–Crippen MR) is 95.9 cm³/mol. The number of hydrogen-bond donors (Lipinski definition) is 1. The van der Waals surface area contributed by atoms with Crippen molar-refractivity contribution >= 4 is 5.97 Å². The molecule has 0 saturated heterocycles. The van der Waals surface area contributed by atoms with E-state index in [1.807, 2.05) is 24.3 Å². The van der Waals surface area contributed by atoms with E-state index >= 15 is 0 Å². The minimum atomic E-state index is -0.723. The fourth-order valence-electron chi connectivity index (χ4n) is 1.76. The molecule has 0 unspecified atom stereocenters. The van der Waals surface area contributed by atoms with E-state index in [4.69, 9.17) is 5.11 Å². The van der Waals surface area contributed by atoms with Crippen LogP contribution in [0.15, 0.2) is 60.8 Å². The second-order valence-corrected chi connectivity index (χ2v) is 5.04. The summed E-state index contributed by atoms with van der Waals surface area (Å²) in [6.07, 6.45) is 28.5. The third kappa shape index (κ3) is 18.2. The molecule has 0 aromatic rings. The lowest BCUT2D eigenvalue weighted by atomic mass is 10.2. The van der Waals surface area contributed by atoms with Crippen LogP contribution in [-0.4, -0.2) is 11.1 Å². The van der Waals surface area contributed by atoms with Crippen molar-refractivity contribution in [3.8, 4) is 0 Å². The minimum absolute atomic E-state index is 0.247. The van der Waals surface area contributed by atoms with Crippen LogP contribution in [0, 0.1) is 0 Å². The molecular formula is C20H30O2. The van der Waals surface area contributed by atoms with Crippen LogP contribution in [0.25, 0.3) is 0 Å². The van der Waals surface area contributed by atoms with Crippen LogP contribution in [0.5, 0.6) is 0 Å². The maximum atomic E-state index is 10.3. The lowest BCUT2D eigenvalue weighted by Crippen LogP contribution is -1.92. The molecule has 0 amide bonds. The average Bonchev–Trinajstić information content (AvgIpc) is 2.50. The molecule has 0 aliphatic heterocycles. The summed E-state index contributed by atoms with van der Waals surface area (Å²) < 4.78 is 0. The van der Waals surface area contributed by atoms with Gasteiger partial charge in [-0.25, -0.2) is 0 Å². The van der Waals surface area contributed by atoms with E-state index in [2.05, 4.69) is 43.4 Å². The van der Waals surface area contributed by atoms with Crippen LogP contribution in [0.1, 0.15) is 58.3 Å². The molecule has 0 fully saturated rings. The number of carboxylic acid groups (broad SMARTS) is 1. The number of rotatable bonds is 13. The summed E-state index contributed by atoms with van der Waals surface area (Å²) in [5, 5.41) is 8.48. The van der Waals surface area contributed by atoms with Gasteiger partial charge in [0.05, 0.1) is 0 Å². The first-order chi connectivity index (χ1) is 10.8. The maximum Gasteiger partial charge on any atom is 0.303 e. The Morgan fingerprint density at radius 2 is 1.36 bits per heavy atom. The Labute approximate surface area is 135 Å². The summed E-state index contributed by atoms with van der Waals surface area (Å²) in [5.74, 6) is -0.723. The highest BCUT2D eigenvalue weighted by Gasteiger charge is 1.92. The number of carbonyl (C=O) groups is 1. The van der Waals surface area contributed by atoms with E-state index < -0.39 is 5.97 Å². The molecule has 0 heterocycles. The fourth-order valence-corrected chi connectivity index (χ4v) is 1.76. The van der Waals surface area contributed by atoms with Gasteiger partial charge in [-0.2, -0.15) is 0 Å². The van der Waals surface area contributed by atoms with Crippen LogP contribution >= 0.6 is 0 Å². The summed E-state index contributed by atoms with van der Waals surface area (Å²) in [6.45, 7) is 2.15. The van der Waals surface area contributed by atoms with Crippen LogP contribution in [-0.2, 0) is 4.79 Å². The average molecular weight is 302 g/mol. The van der Waals surface area contributed by atoms with E-state index in [1.165, 1.54) is 6.42 Å². The summed E-state index contributed by atoms with van der Waals surface area (Å²) >= 11 is 0. The molecule has 1 N–H and O–H groups in total. The van der Waals surface area contributed by atoms with Crippen molar-refractivity contribution in [3.05, 3.63) is 60.8 Å². The molecule has 0 radical (unpaired) electrons. The largest absolute Gasteiger partial charge is 0.481 e. The number of carboxylic acids is 1. The van der Waals surface area contributed by atoms with Crippen molar-refractivity contribution in [2.75, 3.05) is 0 Å². The predicted octanol–water partition coefficient (Wildman–Crippen LogP) is 5.99. The highest BCUT2D eigenvalue weighted by Crippen LogP contribution is 2.00. The second kappa shape index (κ2) is 17.2. The maximum absolute atomic E-state index is 10.3. The van der Waals surface area contributed by atoms with Crippen LogP contribution in [0.4, 0.5) is 0 Å². The van der Waals surface area contributed by atoms with Crippen molar-refractivity contribution < 1.29 is 9.90 Å². The molecule has 0 bridgehead atoms. The van der Waals surface area contributed by atoms with Crippen LogP contribution in [0.3, 0.4) is 0 Å². The monoisotopic (exact) mass is 302 g/mol. The van der Waals surface area contributed by atoms with Gasteiger partial charge < -0.3 is 5.11 Å². The van der Waals surface area contributed by atoms with E-state index in [9.17, 15) is 4.79 Å². The molecule has 22 heavy (non-hydrogen) atoms. The van der Waals surface area contributed by atoms with Crippen LogP contribution < -0.4 is 0 Å². The normalized spacial score (nSPS) is 12.8. The van der Waals surface area contributed by atoms with Crippen molar-refractivity contribution in [2.45, 2.75) is 58.3 Å². The van der Waals surface area contributed by atoms with Gasteiger partial charge in [-0.1, -0.05) is 67.7 Å². The summed E-state index contributed by atoms with van der Waals surface area (Å²) in [4.78, 5) is 10.3. The molecule has 0 aromatic heterocycles. The van der Waals surface area contributed by atoms with Gasteiger partial charge in [0, 0.05) is 6.42 Å². The van der Waals surface area contributed by atoms with Gasteiger partial charge in [-0.15, -0.1) is 0 Å². The van der Waals surface area contributed by atoms with Crippen molar-refractivity contribution in [1.82, 2.24) is 0 Å². The SMILES string of the molecule is CCC=CCC=CCCCC=CC=CC=CCCCC(=O)O. The van der Waals surface area contributed by atoms with Crippen LogP contribution in [0.2, 0.25) is 0 Å². The van der Waals surface area contributed by atoms with Gasteiger partial charge in [-0.3, -0.25) is 4.79 Å². The second-order valence-electron chi connectivity index (χ2n) is 5.04. The zero-order valence-electron chi connectivity index (χ0n) is 13.8. The molecule has 0 atom stereocenters. The van der Waals surface area contributed by atoms with Gasteiger partial charge in [0.25, 0.3) is 0 Å². The first-order valence-corrected chi connectivity index (χ1v) is 8.27. The third-order valence-corrected chi connectivity index (χ3v) is 2.95. The molecule has 0 aliphatic carbocycles. The van der Waals surface area contributed by atoms with E-state index in [1.54, 1.807) is 0 Å². The molecule has 0 aromatic carbocycles. The van der Waals surface area contributed by atoms with E-state index in [-0.39, 0.29) is 6.42 Å². The Hall–Kier alpha value is -1.83. The number of allylic oxidation sites excluding steroid dienone is 10. The van der Waals surface area contributed by atoms with Gasteiger partial charge >= 0.3 is 5.97 Å². The quantitative estimate of drug-likeness (QED) is 0.258. The number of aliphatic carboxylic acids is 1. The Kier molecular flexibility index (Phi) is 15.8. The van der Waals surface area contributed by atoms with Crippen molar-refractivity contribution in [3.63, 3.8) is 0 Å². The van der Waals surface area contributed by atoms with Crippen molar-refractivity contribution in [2.24, 2.45) is 0 Å². The van der Waals surface area contributed by atoms with Gasteiger partial charge in [-0.05, 0) is 44.9 Å². The lowest BCUT2D eigenvalue weighted by molar-refractivity contribution is -0.137. The topological polar surface area (TPSA) is 37.3 Å². The minimum Gasteiger partial charge on any atom is -0.481 e. The first-order valence-electron chi connectivity index (χ1n) is 8.27. The molecule has 0 aliphatic rings. The fraction of sp³-hybridized carbons (Fsp3) is 0.450. The lowest BCUT2D eigenvalue weighted by Gasteiger charge is -1.89. The van der Waals surface area contributed by atoms with Gasteiger partial charge in [0.15, 0.2) is 0 Å². The Balaban J connectivity index is 3.46. The molecule has 0 spiro atoms. The first kappa shape index (κ1) is 20.2. The Bertz CT molecular complexity index is 398. The highest BCUT2D eigenvalue weighted by atomic mass is 16.4. The molecule has 122 valence electrons. The standard InChI is InChI=1S/C20H30O2/c1-2-3-4-5-6-7-8-9-10-11-12-13-14-15-16-17-18-19-20(21)22/h3-4,6-7,11-16H,2,5,8-10,17-19H2,1H3,(H,21,22). The molecule has 0 saturated carbocycles. The number of hydrogen-bond acceptors (Lipinski definition) is 1. The number of unbranched alkanes of at least 4 members (excludes halogenated alkanes) is 3. The zero-order valence-corrected chi connectivity index (χ0v) is 13.8. The van der Waals surface area contributed by atoms with Gasteiger partial charge in [0.1, 0.15) is 0 Å². The van der Waals surface area contributed by atoms with Gasteiger partial charge in [0.2, 0.25) is 0 Å². The third-order valence-electron chi connectivity index (χ3n) is 2.95. The smallest absolute Gasteiger partial charge is 0.303 e. The van der Waals surface area contributed by atoms with Crippen molar-refractivity contribution in [1.29, 1.82) is 0 Å². The summed E-state index contributed by atoms with van der Waals surface area (Å²) in [7, 11) is 0. The highest BCUT2D eigenvalue weighted by molar-refractivity contribution is 5.66. The molecule has 2 heteroatoms. The molecule has 2 nitrogen and oxygen atoms in total. The van der Waals surface area contributed by atoms with E-state index in [0.717, 1.165) is 32.1 Å². The van der Waals surface area contributed by atoms with E-state index in [0.29, 0.717) is 6.42 Å². The summed E-state index contributed by atoms with van der Waals surface area (Å²) in [6, 6.07) is 0. The zero-order chi connectivity index (χ0) is 16.3. The molecule has 0 rings (SSSR count). The Morgan fingerprint density at radius 3 is 2.00 bits per heavy atom.